The molecule has 0 radical (unpaired) electrons. The molecule has 0 saturated carbocycles. The Morgan fingerprint density at radius 3 is 2.56 bits per heavy atom. The number of urea groups is 1. The average Bonchev–Trinajstić information content (AvgIpc) is 2.27. The van der Waals surface area contributed by atoms with Crippen LogP contribution in [-0.2, 0) is 4.74 Å². The molecule has 0 aliphatic carbocycles. The SMILES string of the molecule is CC1CCN(C(=O)NCCOCC(F)(F)F)CC1. The van der Waals surface area contributed by atoms with E-state index in [0.717, 1.165) is 12.8 Å². The summed E-state index contributed by atoms with van der Waals surface area (Å²) < 4.78 is 39.6. The Morgan fingerprint density at radius 1 is 1.39 bits per heavy atom. The van der Waals surface area contributed by atoms with Crippen LogP contribution >= 0.6 is 0 Å². The molecule has 0 unspecified atom stereocenters. The molecule has 1 heterocycles. The van der Waals surface area contributed by atoms with E-state index >= 15 is 0 Å². The zero-order chi connectivity index (χ0) is 13.6. The summed E-state index contributed by atoms with van der Waals surface area (Å²) in [4.78, 5) is 13.3. The van der Waals surface area contributed by atoms with Gasteiger partial charge in [-0.1, -0.05) is 6.92 Å². The van der Waals surface area contributed by atoms with Gasteiger partial charge in [0.25, 0.3) is 0 Å². The van der Waals surface area contributed by atoms with Gasteiger partial charge in [-0.2, -0.15) is 13.2 Å². The number of nitrogens with one attached hydrogen (secondary N) is 1. The molecule has 0 spiro atoms. The van der Waals surface area contributed by atoms with Crippen LogP contribution in [0.2, 0.25) is 0 Å². The molecule has 106 valence electrons. The van der Waals surface area contributed by atoms with Crippen molar-refractivity contribution in [1.29, 1.82) is 0 Å². The van der Waals surface area contributed by atoms with Gasteiger partial charge in [0.2, 0.25) is 0 Å². The van der Waals surface area contributed by atoms with Crippen LogP contribution < -0.4 is 5.32 Å². The maximum absolute atomic E-state index is 11.7. The van der Waals surface area contributed by atoms with E-state index in [2.05, 4.69) is 17.0 Å². The fourth-order valence-electron chi connectivity index (χ4n) is 1.74. The zero-order valence-electron chi connectivity index (χ0n) is 10.4. The average molecular weight is 268 g/mol. The molecule has 0 bridgehead atoms. The zero-order valence-corrected chi connectivity index (χ0v) is 10.4. The van der Waals surface area contributed by atoms with E-state index in [-0.39, 0.29) is 19.2 Å². The highest BCUT2D eigenvalue weighted by Gasteiger charge is 2.27. The summed E-state index contributed by atoms with van der Waals surface area (Å²) in [5, 5.41) is 2.55. The van der Waals surface area contributed by atoms with Crippen molar-refractivity contribution in [3.63, 3.8) is 0 Å². The minimum absolute atomic E-state index is 0.0982. The largest absolute Gasteiger partial charge is 0.411 e. The number of likely N-dealkylation sites (tertiary alicyclic amines) is 1. The van der Waals surface area contributed by atoms with Crippen LogP contribution in [0.1, 0.15) is 19.8 Å². The second kappa shape index (κ2) is 6.82. The second-order valence-corrected chi connectivity index (χ2v) is 4.57. The van der Waals surface area contributed by atoms with Crippen LogP contribution in [0, 0.1) is 5.92 Å². The van der Waals surface area contributed by atoms with Crippen molar-refractivity contribution in [1.82, 2.24) is 10.2 Å². The Kier molecular flexibility index (Phi) is 5.71. The third-order valence-electron chi connectivity index (χ3n) is 2.86. The first-order valence-electron chi connectivity index (χ1n) is 6.06. The van der Waals surface area contributed by atoms with Gasteiger partial charge in [-0.05, 0) is 18.8 Å². The molecule has 2 amide bonds. The lowest BCUT2D eigenvalue weighted by Crippen LogP contribution is -2.45. The predicted molar refractivity (Wildman–Crippen MR) is 60.2 cm³/mol. The smallest absolute Gasteiger partial charge is 0.370 e. The highest BCUT2D eigenvalue weighted by Crippen LogP contribution is 2.16. The lowest BCUT2D eigenvalue weighted by molar-refractivity contribution is -0.173. The van der Waals surface area contributed by atoms with Crippen LogP contribution in [0.3, 0.4) is 0 Å². The molecule has 0 aromatic rings. The number of piperidine rings is 1. The molecule has 1 N–H and O–H groups in total. The second-order valence-electron chi connectivity index (χ2n) is 4.57. The van der Waals surface area contributed by atoms with Crippen molar-refractivity contribution in [3.8, 4) is 0 Å². The van der Waals surface area contributed by atoms with Crippen molar-refractivity contribution in [3.05, 3.63) is 0 Å². The standard InChI is InChI=1S/C11H19F3N2O2/c1-9-2-5-16(6-3-9)10(17)15-4-7-18-8-11(12,13)14/h9H,2-8H2,1H3,(H,15,17). The molecule has 0 aromatic carbocycles. The van der Waals surface area contributed by atoms with Gasteiger partial charge in [-0.15, -0.1) is 0 Å². The topological polar surface area (TPSA) is 41.6 Å². The summed E-state index contributed by atoms with van der Waals surface area (Å²) in [5.74, 6) is 0.629. The fraction of sp³-hybridized carbons (Fsp3) is 0.909. The fourth-order valence-corrected chi connectivity index (χ4v) is 1.74. The molecule has 1 aliphatic rings. The van der Waals surface area contributed by atoms with Gasteiger partial charge in [0.1, 0.15) is 6.61 Å². The van der Waals surface area contributed by atoms with Gasteiger partial charge >= 0.3 is 12.2 Å². The number of halogens is 3. The van der Waals surface area contributed by atoms with E-state index in [4.69, 9.17) is 0 Å². The molecule has 1 rings (SSSR count). The van der Waals surface area contributed by atoms with Gasteiger partial charge < -0.3 is 15.0 Å². The molecule has 0 atom stereocenters. The van der Waals surface area contributed by atoms with Crippen molar-refractivity contribution in [2.24, 2.45) is 5.92 Å². The maximum Gasteiger partial charge on any atom is 0.411 e. The van der Waals surface area contributed by atoms with Crippen LogP contribution in [0.15, 0.2) is 0 Å². The van der Waals surface area contributed by atoms with E-state index in [1.807, 2.05) is 0 Å². The van der Waals surface area contributed by atoms with E-state index in [0.29, 0.717) is 19.0 Å². The van der Waals surface area contributed by atoms with Crippen LogP contribution in [0.5, 0.6) is 0 Å². The molecular weight excluding hydrogens is 249 g/mol. The van der Waals surface area contributed by atoms with Gasteiger partial charge in [0.05, 0.1) is 6.61 Å². The highest BCUT2D eigenvalue weighted by atomic mass is 19.4. The van der Waals surface area contributed by atoms with Crippen molar-refractivity contribution >= 4 is 6.03 Å². The lowest BCUT2D eigenvalue weighted by atomic mass is 10.00. The highest BCUT2D eigenvalue weighted by molar-refractivity contribution is 5.74. The predicted octanol–water partition coefficient (Wildman–Crippen LogP) is 2.01. The van der Waals surface area contributed by atoms with Gasteiger partial charge in [0, 0.05) is 19.6 Å². The van der Waals surface area contributed by atoms with Crippen molar-refractivity contribution in [2.75, 3.05) is 32.8 Å². The summed E-state index contributed by atoms with van der Waals surface area (Å²) in [6.07, 6.45) is -2.37. The monoisotopic (exact) mass is 268 g/mol. The number of rotatable bonds is 4. The van der Waals surface area contributed by atoms with Gasteiger partial charge in [-0.3, -0.25) is 0 Å². The molecule has 1 aliphatic heterocycles. The number of carbonyl (C=O) groups excluding carboxylic acids is 1. The van der Waals surface area contributed by atoms with Crippen LogP contribution in [0.4, 0.5) is 18.0 Å². The number of hydrogen-bond acceptors (Lipinski definition) is 2. The molecule has 18 heavy (non-hydrogen) atoms. The Hall–Kier alpha value is -0.980. The van der Waals surface area contributed by atoms with Crippen molar-refractivity contribution < 1.29 is 22.7 Å². The Bertz CT molecular complexity index is 264. The first-order valence-corrected chi connectivity index (χ1v) is 6.06. The normalized spacial score (nSPS) is 17.9. The number of hydrogen-bond donors (Lipinski definition) is 1. The van der Waals surface area contributed by atoms with Gasteiger partial charge in [-0.25, -0.2) is 4.79 Å². The Balaban J connectivity index is 2.07. The third-order valence-corrected chi connectivity index (χ3v) is 2.86. The summed E-state index contributed by atoms with van der Waals surface area (Å²) in [6.45, 7) is 2.24. The van der Waals surface area contributed by atoms with Crippen molar-refractivity contribution in [2.45, 2.75) is 25.9 Å². The van der Waals surface area contributed by atoms with Crippen LogP contribution in [-0.4, -0.2) is 50.0 Å². The summed E-state index contributed by atoms with van der Waals surface area (Å²) >= 11 is 0. The number of carbonyl (C=O) groups is 1. The molecule has 4 nitrogen and oxygen atoms in total. The van der Waals surface area contributed by atoms with E-state index in [9.17, 15) is 18.0 Å². The minimum atomic E-state index is -4.31. The van der Waals surface area contributed by atoms with E-state index < -0.39 is 12.8 Å². The lowest BCUT2D eigenvalue weighted by Gasteiger charge is -2.30. The first kappa shape index (κ1) is 15.1. The first-order chi connectivity index (χ1) is 8.38. The Morgan fingerprint density at radius 2 is 2.00 bits per heavy atom. The van der Waals surface area contributed by atoms with Crippen LogP contribution in [0.25, 0.3) is 0 Å². The quantitative estimate of drug-likeness (QED) is 0.792. The number of amides is 2. The number of alkyl halides is 3. The summed E-state index contributed by atoms with van der Waals surface area (Å²) in [5.41, 5.74) is 0. The molecule has 7 heteroatoms. The Labute approximate surface area is 104 Å². The number of nitrogens with zero attached hydrogens (tertiary/aromatic N) is 1. The third kappa shape index (κ3) is 6.09. The summed E-state index contributed by atoms with van der Waals surface area (Å²) in [7, 11) is 0. The van der Waals surface area contributed by atoms with E-state index in [1.165, 1.54) is 0 Å². The summed E-state index contributed by atoms with van der Waals surface area (Å²) in [6, 6.07) is -0.225. The minimum Gasteiger partial charge on any atom is -0.370 e. The maximum atomic E-state index is 11.7. The van der Waals surface area contributed by atoms with E-state index in [1.54, 1.807) is 4.90 Å². The molecule has 1 fully saturated rings. The molecule has 0 aromatic heterocycles. The molecular formula is C11H19F3N2O2. The number of ether oxygens (including phenoxy) is 1. The molecule has 1 saturated heterocycles. The van der Waals surface area contributed by atoms with Gasteiger partial charge in [0.15, 0.2) is 0 Å².